The lowest BCUT2D eigenvalue weighted by Crippen LogP contribution is -2.56. The van der Waals surface area contributed by atoms with Crippen LogP contribution in [0.3, 0.4) is 0 Å². The van der Waals surface area contributed by atoms with Gasteiger partial charge in [0, 0.05) is 18.7 Å². The molecule has 0 spiro atoms. The van der Waals surface area contributed by atoms with Crippen molar-refractivity contribution in [3.05, 3.63) is 28.8 Å². The summed E-state index contributed by atoms with van der Waals surface area (Å²) in [5.74, 6) is -0.0202. The fourth-order valence-electron chi connectivity index (χ4n) is 1.44. The number of hydrogen-bond acceptors (Lipinski definition) is 3. The van der Waals surface area contributed by atoms with Crippen LogP contribution in [-0.2, 0) is 5.60 Å². The standard InChI is InChI=1S/C9H10ClNO2/c10-7-3-1-2-6(8(7)12)9(13)4-11-5-9/h1-3,11-13H,4-5H2. The number of hydrogen-bond donors (Lipinski definition) is 3. The van der Waals surface area contributed by atoms with Gasteiger partial charge >= 0.3 is 0 Å². The van der Waals surface area contributed by atoms with E-state index < -0.39 is 5.60 Å². The first-order chi connectivity index (χ1) is 6.13. The Kier molecular flexibility index (Phi) is 1.95. The van der Waals surface area contributed by atoms with Crippen LogP contribution in [0.25, 0.3) is 0 Å². The largest absolute Gasteiger partial charge is 0.506 e. The van der Waals surface area contributed by atoms with E-state index in [0.717, 1.165) is 0 Å². The molecular formula is C9H10ClNO2. The molecule has 1 heterocycles. The SMILES string of the molecule is Oc1c(Cl)cccc1C1(O)CNC1. The number of para-hydroxylation sites is 1. The molecule has 0 radical (unpaired) electrons. The molecule has 0 saturated carbocycles. The Morgan fingerprint density at radius 1 is 1.38 bits per heavy atom. The molecule has 1 aromatic rings. The smallest absolute Gasteiger partial charge is 0.140 e. The van der Waals surface area contributed by atoms with Gasteiger partial charge in [0.15, 0.2) is 0 Å². The zero-order valence-electron chi connectivity index (χ0n) is 6.92. The summed E-state index contributed by atoms with van der Waals surface area (Å²) in [6.07, 6.45) is 0. The summed E-state index contributed by atoms with van der Waals surface area (Å²) in [5.41, 5.74) is -0.451. The van der Waals surface area contributed by atoms with E-state index >= 15 is 0 Å². The van der Waals surface area contributed by atoms with Gasteiger partial charge in [0.05, 0.1) is 5.02 Å². The molecule has 13 heavy (non-hydrogen) atoms. The number of phenols is 1. The van der Waals surface area contributed by atoms with Crippen molar-refractivity contribution in [1.29, 1.82) is 0 Å². The van der Waals surface area contributed by atoms with Gasteiger partial charge < -0.3 is 15.5 Å². The van der Waals surface area contributed by atoms with E-state index in [2.05, 4.69) is 5.32 Å². The van der Waals surface area contributed by atoms with Gasteiger partial charge in [-0.1, -0.05) is 23.7 Å². The second-order valence-corrected chi connectivity index (χ2v) is 3.68. The molecule has 1 fully saturated rings. The molecule has 1 aromatic carbocycles. The quantitative estimate of drug-likeness (QED) is 0.628. The third-order valence-electron chi connectivity index (χ3n) is 2.32. The Hall–Kier alpha value is -0.770. The molecule has 0 aliphatic carbocycles. The molecule has 0 amide bonds. The van der Waals surface area contributed by atoms with E-state index in [1.54, 1.807) is 18.2 Å². The van der Waals surface area contributed by atoms with Crippen LogP contribution in [0.5, 0.6) is 5.75 Å². The van der Waals surface area contributed by atoms with Crippen molar-refractivity contribution >= 4 is 11.6 Å². The van der Waals surface area contributed by atoms with Gasteiger partial charge in [-0.3, -0.25) is 0 Å². The summed E-state index contributed by atoms with van der Waals surface area (Å²) in [7, 11) is 0. The molecule has 1 aliphatic rings. The Morgan fingerprint density at radius 2 is 2.08 bits per heavy atom. The van der Waals surface area contributed by atoms with Crippen molar-refractivity contribution in [3.8, 4) is 5.75 Å². The van der Waals surface area contributed by atoms with E-state index in [-0.39, 0.29) is 10.8 Å². The molecule has 1 aliphatic heterocycles. The maximum absolute atomic E-state index is 9.91. The third-order valence-corrected chi connectivity index (χ3v) is 2.63. The molecule has 0 aromatic heterocycles. The van der Waals surface area contributed by atoms with Crippen molar-refractivity contribution in [2.45, 2.75) is 5.60 Å². The highest BCUT2D eigenvalue weighted by molar-refractivity contribution is 6.32. The zero-order chi connectivity index (χ0) is 9.47. The van der Waals surface area contributed by atoms with Gasteiger partial charge in [0.25, 0.3) is 0 Å². The van der Waals surface area contributed by atoms with Gasteiger partial charge in [-0.2, -0.15) is 0 Å². The molecule has 1 saturated heterocycles. The predicted octanol–water partition coefficient (Wildman–Crippen LogP) is 0.836. The van der Waals surface area contributed by atoms with Crippen LogP contribution in [0.1, 0.15) is 5.56 Å². The molecule has 2 rings (SSSR count). The number of halogens is 1. The summed E-state index contributed by atoms with van der Waals surface area (Å²) in [4.78, 5) is 0. The fourth-order valence-corrected chi connectivity index (χ4v) is 1.62. The Balaban J connectivity index is 2.45. The molecule has 0 bridgehead atoms. The number of phenolic OH excluding ortho intramolecular Hbond substituents is 1. The van der Waals surface area contributed by atoms with Gasteiger partial charge in [-0.25, -0.2) is 0 Å². The van der Waals surface area contributed by atoms with Crippen LogP contribution in [-0.4, -0.2) is 23.3 Å². The van der Waals surface area contributed by atoms with E-state index in [1.807, 2.05) is 0 Å². The highest BCUT2D eigenvalue weighted by Gasteiger charge is 2.38. The monoisotopic (exact) mass is 199 g/mol. The van der Waals surface area contributed by atoms with Crippen molar-refractivity contribution in [2.75, 3.05) is 13.1 Å². The minimum atomic E-state index is -0.949. The predicted molar refractivity (Wildman–Crippen MR) is 49.9 cm³/mol. The summed E-state index contributed by atoms with van der Waals surface area (Å²) in [6.45, 7) is 0.918. The molecule has 4 heteroatoms. The second kappa shape index (κ2) is 2.87. The minimum absolute atomic E-state index is 0.0202. The fraction of sp³-hybridized carbons (Fsp3) is 0.333. The van der Waals surface area contributed by atoms with Crippen LogP contribution in [0.2, 0.25) is 5.02 Å². The molecule has 3 N–H and O–H groups in total. The molecule has 3 nitrogen and oxygen atoms in total. The first-order valence-corrected chi connectivity index (χ1v) is 4.42. The molecule has 0 unspecified atom stereocenters. The average molecular weight is 200 g/mol. The van der Waals surface area contributed by atoms with Gasteiger partial charge in [-0.05, 0) is 6.07 Å². The second-order valence-electron chi connectivity index (χ2n) is 3.27. The van der Waals surface area contributed by atoms with Crippen LogP contribution < -0.4 is 5.32 Å². The van der Waals surface area contributed by atoms with Crippen molar-refractivity contribution in [1.82, 2.24) is 5.32 Å². The number of β-amino-alcohol motifs (C(OH)–C–C–N with tert-alkyl or cyclic N) is 1. The Bertz CT molecular complexity index is 336. The van der Waals surface area contributed by atoms with E-state index in [4.69, 9.17) is 11.6 Å². The van der Waals surface area contributed by atoms with Crippen LogP contribution >= 0.6 is 11.6 Å². The number of rotatable bonds is 1. The van der Waals surface area contributed by atoms with Crippen LogP contribution in [0.4, 0.5) is 0 Å². The van der Waals surface area contributed by atoms with E-state index in [1.165, 1.54) is 0 Å². The summed E-state index contributed by atoms with van der Waals surface area (Å²) >= 11 is 5.72. The van der Waals surface area contributed by atoms with Gasteiger partial charge in [0.1, 0.15) is 11.4 Å². The summed E-state index contributed by atoms with van der Waals surface area (Å²) < 4.78 is 0. The molecule has 0 atom stereocenters. The van der Waals surface area contributed by atoms with Crippen molar-refractivity contribution in [2.24, 2.45) is 0 Å². The minimum Gasteiger partial charge on any atom is -0.506 e. The van der Waals surface area contributed by atoms with Crippen molar-refractivity contribution in [3.63, 3.8) is 0 Å². The van der Waals surface area contributed by atoms with Gasteiger partial charge in [0.2, 0.25) is 0 Å². The molecular weight excluding hydrogens is 190 g/mol. The number of aliphatic hydroxyl groups is 1. The lowest BCUT2D eigenvalue weighted by molar-refractivity contribution is -0.0164. The highest BCUT2D eigenvalue weighted by atomic mass is 35.5. The summed E-state index contributed by atoms with van der Waals surface area (Å²) in [5, 5.41) is 22.7. The summed E-state index contributed by atoms with van der Waals surface area (Å²) in [6, 6.07) is 4.99. The number of nitrogens with one attached hydrogen (secondary N) is 1. The van der Waals surface area contributed by atoms with Crippen LogP contribution in [0.15, 0.2) is 18.2 Å². The van der Waals surface area contributed by atoms with Crippen molar-refractivity contribution < 1.29 is 10.2 Å². The van der Waals surface area contributed by atoms with E-state index in [9.17, 15) is 10.2 Å². The average Bonchev–Trinajstić information content (AvgIpc) is 2.06. The number of aromatic hydroxyl groups is 1. The lowest BCUT2D eigenvalue weighted by Gasteiger charge is -2.38. The first-order valence-electron chi connectivity index (χ1n) is 4.04. The van der Waals surface area contributed by atoms with Gasteiger partial charge in [-0.15, -0.1) is 0 Å². The Labute approximate surface area is 81.0 Å². The van der Waals surface area contributed by atoms with Crippen LogP contribution in [0, 0.1) is 0 Å². The normalized spacial score (nSPS) is 19.5. The Morgan fingerprint density at radius 3 is 2.62 bits per heavy atom. The first kappa shape index (κ1) is 8.81. The number of benzene rings is 1. The highest BCUT2D eigenvalue weighted by Crippen LogP contribution is 2.36. The topological polar surface area (TPSA) is 52.5 Å². The molecule has 70 valence electrons. The lowest BCUT2D eigenvalue weighted by atomic mass is 9.87. The maximum atomic E-state index is 9.91. The third kappa shape index (κ3) is 1.29. The van der Waals surface area contributed by atoms with E-state index in [0.29, 0.717) is 18.7 Å². The maximum Gasteiger partial charge on any atom is 0.140 e. The zero-order valence-corrected chi connectivity index (χ0v) is 7.67.